The summed E-state index contributed by atoms with van der Waals surface area (Å²) < 4.78 is 39.3. The number of halogens is 1. The van der Waals surface area contributed by atoms with Crippen LogP contribution in [0, 0.1) is 12.7 Å². The van der Waals surface area contributed by atoms with Crippen LogP contribution in [0.2, 0.25) is 0 Å². The van der Waals surface area contributed by atoms with Crippen LogP contribution in [0.4, 0.5) is 10.1 Å². The summed E-state index contributed by atoms with van der Waals surface area (Å²) in [7, 11) is -3.84. The quantitative estimate of drug-likeness (QED) is 0.585. The van der Waals surface area contributed by atoms with E-state index in [0.29, 0.717) is 0 Å². The van der Waals surface area contributed by atoms with E-state index in [2.05, 4.69) is 5.32 Å². The number of anilines is 1. The van der Waals surface area contributed by atoms with Gasteiger partial charge >= 0.3 is 0 Å². The van der Waals surface area contributed by atoms with Crippen LogP contribution in [0.15, 0.2) is 48.5 Å². The van der Waals surface area contributed by atoms with Crippen LogP contribution in [0.5, 0.6) is 0 Å². The van der Waals surface area contributed by atoms with Crippen molar-refractivity contribution in [3.8, 4) is 0 Å². The SMILES string of the molecule is Cc1cccc(CN(C(=O)CN(c2ccc(F)cc2)S(C)(=O)=O)[C@@H](C)C(=O)NC2CCCC2)c1. The summed E-state index contributed by atoms with van der Waals surface area (Å²) in [5.74, 6) is -1.30. The Morgan fingerprint density at radius 1 is 1.12 bits per heavy atom. The fourth-order valence-corrected chi connectivity index (χ4v) is 5.05. The maximum atomic E-state index is 13.5. The van der Waals surface area contributed by atoms with Crippen molar-refractivity contribution in [1.29, 1.82) is 0 Å². The molecule has 9 heteroatoms. The first kappa shape index (κ1) is 25.7. The van der Waals surface area contributed by atoms with Gasteiger partial charge in [-0.15, -0.1) is 0 Å². The number of carbonyl (C=O) groups is 2. The number of aryl methyl sites for hydroxylation is 1. The van der Waals surface area contributed by atoms with Crippen molar-refractivity contribution in [3.63, 3.8) is 0 Å². The van der Waals surface area contributed by atoms with Gasteiger partial charge in [-0.3, -0.25) is 13.9 Å². The molecule has 1 aliphatic carbocycles. The number of hydrogen-bond donors (Lipinski definition) is 1. The molecule has 1 fully saturated rings. The molecule has 2 amide bonds. The molecule has 1 saturated carbocycles. The highest BCUT2D eigenvalue weighted by Crippen LogP contribution is 2.21. The van der Waals surface area contributed by atoms with E-state index in [-0.39, 0.29) is 24.2 Å². The van der Waals surface area contributed by atoms with Crippen LogP contribution >= 0.6 is 0 Å². The van der Waals surface area contributed by atoms with E-state index in [9.17, 15) is 22.4 Å². The molecule has 0 aliphatic heterocycles. The van der Waals surface area contributed by atoms with Crippen molar-refractivity contribution in [2.45, 2.75) is 58.2 Å². The van der Waals surface area contributed by atoms with E-state index < -0.39 is 34.3 Å². The predicted octanol–water partition coefficient (Wildman–Crippen LogP) is 3.38. The number of benzene rings is 2. The van der Waals surface area contributed by atoms with Gasteiger partial charge in [0.15, 0.2) is 0 Å². The van der Waals surface area contributed by atoms with Gasteiger partial charge in [0.2, 0.25) is 21.8 Å². The van der Waals surface area contributed by atoms with Crippen LogP contribution < -0.4 is 9.62 Å². The van der Waals surface area contributed by atoms with Crippen molar-refractivity contribution in [3.05, 3.63) is 65.5 Å². The lowest BCUT2D eigenvalue weighted by Gasteiger charge is -2.32. The lowest BCUT2D eigenvalue weighted by molar-refractivity contribution is -0.139. The van der Waals surface area contributed by atoms with Gasteiger partial charge in [0.1, 0.15) is 18.4 Å². The van der Waals surface area contributed by atoms with E-state index in [4.69, 9.17) is 0 Å². The number of carbonyl (C=O) groups excluding carboxylic acids is 2. The summed E-state index contributed by atoms with van der Waals surface area (Å²) in [6.45, 7) is 3.24. The van der Waals surface area contributed by atoms with E-state index in [0.717, 1.165) is 59.5 Å². The summed E-state index contributed by atoms with van der Waals surface area (Å²) in [5.41, 5.74) is 2.02. The Morgan fingerprint density at radius 2 is 1.76 bits per heavy atom. The summed E-state index contributed by atoms with van der Waals surface area (Å²) in [6.07, 6.45) is 4.94. The minimum atomic E-state index is -3.84. The second-order valence-electron chi connectivity index (χ2n) is 8.92. The largest absolute Gasteiger partial charge is 0.352 e. The fraction of sp³-hybridized carbons (Fsp3) is 0.440. The van der Waals surface area contributed by atoms with Gasteiger partial charge in [0.05, 0.1) is 11.9 Å². The molecule has 0 heterocycles. The smallest absolute Gasteiger partial charge is 0.244 e. The van der Waals surface area contributed by atoms with Gasteiger partial charge in [0, 0.05) is 12.6 Å². The van der Waals surface area contributed by atoms with Crippen molar-refractivity contribution in [1.82, 2.24) is 10.2 Å². The number of sulfonamides is 1. The molecule has 0 unspecified atom stereocenters. The molecule has 0 radical (unpaired) electrons. The minimum absolute atomic E-state index is 0.0950. The molecule has 0 saturated heterocycles. The molecule has 0 spiro atoms. The lowest BCUT2D eigenvalue weighted by Crippen LogP contribution is -2.52. The Balaban J connectivity index is 1.87. The number of nitrogens with zero attached hydrogens (tertiary/aromatic N) is 2. The van der Waals surface area contributed by atoms with Gasteiger partial charge < -0.3 is 10.2 Å². The van der Waals surface area contributed by atoms with Crippen molar-refractivity contribution < 1.29 is 22.4 Å². The molecule has 0 bridgehead atoms. The summed E-state index contributed by atoms with van der Waals surface area (Å²) in [5, 5.41) is 3.03. The van der Waals surface area contributed by atoms with Crippen LogP contribution in [0.25, 0.3) is 0 Å². The molecule has 7 nitrogen and oxygen atoms in total. The van der Waals surface area contributed by atoms with E-state index in [1.807, 2.05) is 31.2 Å². The topological polar surface area (TPSA) is 86.8 Å². The molecular formula is C25H32FN3O4S. The Hall–Kier alpha value is -2.94. The molecular weight excluding hydrogens is 457 g/mol. The highest BCUT2D eigenvalue weighted by Gasteiger charge is 2.31. The average molecular weight is 490 g/mol. The first-order valence-electron chi connectivity index (χ1n) is 11.4. The van der Waals surface area contributed by atoms with E-state index >= 15 is 0 Å². The second-order valence-corrected chi connectivity index (χ2v) is 10.8. The van der Waals surface area contributed by atoms with Crippen LogP contribution in [0.3, 0.4) is 0 Å². The maximum absolute atomic E-state index is 13.5. The third-order valence-corrected chi connectivity index (χ3v) is 7.24. The second kappa shape index (κ2) is 11.0. The van der Waals surface area contributed by atoms with Gasteiger partial charge in [-0.25, -0.2) is 12.8 Å². The number of nitrogens with one attached hydrogen (secondary N) is 1. The summed E-state index contributed by atoms with van der Waals surface area (Å²) in [6, 6.07) is 11.8. The number of hydrogen-bond acceptors (Lipinski definition) is 4. The Labute approximate surface area is 201 Å². The van der Waals surface area contributed by atoms with Crippen LogP contribution in [-0.2, 0) is 26.2 Å². The first-order chi connectivity index (χ1) is 16.0. The highest BCUT2D eigenvalue weighted by molar-refractivity contribution is 7.92. The zero-order chi connectivity index (χ0) is 24.9. The Bertz CT molecular complexity index is 1120. The maximum Gasteiger partial charge on any atom is 0.244 e. The average Bonchev–Trinajstić information content (AvgIpc) is 3.28. The molecule has 34 heavy (non-hydrogen) atoms. The molecule has 184 valence electrons. The lowest BCUT2D eigenvalue weighted by atomic mass is 10.1. The Morgan fingerprint density at radius 3 is 2.35 bits per heavy atom. The molecule has 1 atom stereocenters. The summed E-state index contributed by atoms with van der Waals surface area (Å²) in [4.78, 5) is 27.9. The van der Waals surface area contributed by atoms with Crippen LogP contribution in [0.1, 0.15) is 43.7 Å². The van der Waals surface area contributed by atoms with Crippen molar-refractivity contribution >= 4 is 27.5 Å². The van der Waals surface area contributed by atoms with Gasteiger partial charge in [-0.1, -0.05) is 42.7 Å². The number of rotatable bonds is 9. The highest BCUT2D eigenvalue weighted by atomic mass is 32.2. The standard InChI is InChI=1S/C25H32FN3O4S/c1-18-7-6-8-20(15-18)16-28(19(2)25(31)27-22-9-4-5-10-22)24(30)17-29(34(3,32)33)23-13-11-21(26)12-14-23/h6-8,11-15,19,22H,4-5,9-10,16-17H2,1-3H3,(H,27,31)/t19-/m0/s1. The van der Waals surface area contributed by atoms with Gasteiger partial charge in [-0.2, -0.15) is 0 Å². The summed E-state index contributed by atoms with van der Waals surface area (Å²) >= 11 is 0. The van der Waals surface area contributed by atoms with E-state index in [1.54, 1.807) is 6.92 Å². The Kier molecular flexibility index (Phi) is 8.30. The molecule has 1 N–H and O–H groups in total. The molecule has 0 aromatic heterocycles. The molecule has 3 rings (SSSR count). The molecule has 2 aromatic rings. The van der Waals surface area contributed by atoms with Gasteiger partial charge in [-0.05, 0) is 56.5 Å². The predicted molar refractivity (Wildman–Crippen MR) is 130 cm³/mol. The minimum Gasteiger partial charge on any atom is -0.352 e. The molecule has 1 aliphatic rings. The monoisotopic (exact) mass is 489 g/mol. The zero-order valence-electron chi connectivity index (χ0n) is 19.8. The third-order valence-electron chi connectivity index (χ3n) is 6.10. The van der Waals surface area contributed by atoms with Crippen LogP contribution in [-0.4, -0.2) is 50.0 Å². The zero-order valence-corrected chi connectivity index (χ0v) is 20.6. The van der Waals surface area contributed by atoms with E-state index in [1.165, 1.54) is 17.0 Å². The first-order valence-corrected chi connectivity index (χ1v) is 13.3. The third kappa shape index (κ3) is 6.79. The normalized spacial score (nSPS) is 15.1. The fourth-order valence-electron chi connectivity index (χ4n) is 4.20. The number of amides is 2. The van der Waals surface area contributed by atoms with Crippen molar-refractivity contribution in [2.75, 3.05) is 17.1 Å². The van der Waals surface area contributed by atoms with Crippen molar-refractivity contribution in [2.24, 2.45) is 0 Å². The molecule has 2 aromatic carbocycles. The van der Waals surface area contributed by atoms with Gasteiger partial charge in [0.25, 0.3) is 0 Å².